The molecule has 0 radical (unpaired) electrons. The fraction of sp³-hybridized carbons (Fsp3) is 0.217. The molecule has 0 spiro atoms. The Morgan fingerprint density at radius 1 is 0.625 bits per heavy atom. The molecule has 0 fully saturated rings. The van der Waals surface area contributed by atoms with E-state index in [0.717, 1.165) is 0 Å². The molecule has 0 amide bonds. The average molecular weight is 333 g/mol. The molecule has 3 aromatic carbocycles. The van der Waals surface area contributed by atoms with Crippen LogP contribution in [0.2, 0.25) is 0 Å². The molecule has 0 aliphatic rings. The molecule has 122 valence electrons. The minimum absolute atomic E-state index is 0.620. The van der Waals surface area contributed by atoms with E-state index in [0.29, 0.717) is 5.66 Å². The van der Waals surface area contributed by atoms with Gasteiger partial charge < -0.3 is 0 Å². The van der Waals surface area contributed by atoms with Crippen LogP contribution in [0.15, 0.2) is 91.0 Å². The second-order valence-electron chi connectivity index (χ2n) is 6.37. The SMILES string of the molecule is CCC[C@H](C)[P+](c1ccccc1)(c1ccccc1)c1ccccc1. The summed E-state index contributed by atoms with van der Waals surface area (Å²) in [5.74, 6) is 0. The van der Waals surface area contributed by atoms with Gasteiger partial charge in [0.1, 0.15) is 23.2 Å². The van der Waals surface area contributed by atoms with Gasteiger partial charge in [0.25, 0.3) is 0 Å². The van der Waals surface area contributed by atoms with E-state index in [-0.39, 0.29) is 0 Å². The summed E-state index contributed by atoms with van der Waals surface area (Å²) in [6.45, 7) is 4.75. The highest BCUT2D eigenvalue weighted by Gasteiger charge is 2.49. The van der Waals surface area contributed by atoms with Gasteiger partial charge in [0.2, 0.25) is 0 Å². The first-order chi connectivity index (χ1) is 11.8. The van der Waals surface area contributed by atoms with Crippen LogP contribution in [-0.4, -0.2) is 5.66 Å². The molecule has 1 atom stereocenters. The monoisotopic (exact) mass is 333 g/mol. The van der Waals surface area contributed by atoms with Crippen molar-refractivity contribution in [3.8, 4) is 0 Å². The molecule has 1 heteroatoms. The Bertz CT molecular complexity index is 638. The van der Waals surface area contributed by atoms with Gasteiger partial charge in [0.05, 0.1) is 5.66 Å². The molecule has 0 saturated carbocycles. The quantitative estimate of drug-likeness (QED) is 0.546. The van der Waals surface area contributed by atoms with Crippen molar-refractivity contribution in [1.29, 1.82) is 0 Å². The second-order valence-corrected chi connectivity index (χ2v) is 10.2. The molecule has 0 heterocycles. The highest BCUT2D eigenvalue weighted by molar-refractivity contribution is 7.96. The van der Waals surface area contributed by atoms with E-state index in [1.54, 1.807) is 0 Å². The maximum Gasteiger partial charge on any atom is 0.114 e. The van der Waals surface area contributed by atoms with Crippen LogP contribution in [-0.2, 0) is 0 Å². The van der Waals surface area contributed by atoms with Crippen LogP contribution < -0.4 is 15.9 Å². The van der Waals surface area contributed by atoms with Crippen molar-refractivity contribution in [3.05, 3.63) is 91.0 Å². The lowest BCUT2D eigenvalue weighted by atomic mass is 10.3. The number of benzene rings is 3. The predicted octanol–water partition coefficient (Wildman–Crippen LogP) is 5.17. The average Bonchev–Trinajstić information content (AvgIpc) is 2.65. The molecule has 0 nitrogen and oxygen atoms in total. The maximum absolute atomic E-state index is 2.45. The Morgan fingerprint density at radius 2 is 0.958 bits per heavy atom. The Kier molecular flexibility index (Phi) is 5.48. The second kappa shape index (κ2) is 7.77. The zero-order valence-electron chi connectivity index (χ0n) is 14.6. The van der Waals surface area contributed by atoms with Crippen molar-refractivity contribution >= 4 is 23.2 Å². The highest BCUT2D eigenvalue weighted by Crippen LogP contribution is 2.60. The van der Waals surface area contributed by atoms with Crippen molar-refractivity contribution in [2.45, 2.75) is 32.3 Å². The third-order valence-corrected chi connectivity index (χ3v) is 9.78. The zero-order valence-corrected chi connectivity index (χ0v) is 15.5. The maximum atomic E-state index is 2.45. The van der Waals surface area contributed by atoms with Crippen molar-refractivity contribution in [2.75, 3.05) is 0 Å². The number of rotatable bonds is 6. The first-order valence-electron chi connectivity index (χ1n) is 8.85. The molecular formula is C23H26P+. The molecular weight excluding hydrogens is 307 g/mol. The van der Waals surface area contributed by atoms with Crippen LogP contribution in [0.3, 0.4) is 0 Å². The van der Waals surface area contributed by atoms with Gasteiger partial charge in [-0.25, -0.2) is 0 Å². The Balaban J connectivity index is 2.33. The minimum Gasteiger partial charge on any atom is -0.0652 e. The third kappa shape index (κ3) is 3.04. The molecule has 3 rings (SSSR count). The van der Waals surface area contributed by atoms with Crippen molar-refractivity contribution in [3.63, 3.8) is 0 Å². The van der Waals surface area contributed by atoms with Crippen LogP contribution in [0, 0.1) is 0 Å². The van der Waals surface area contributed by atoms with E-state index in [4.69, 9.17) is 0 Å². The van der Waals surface area contributed by atoms with Crippen molar-refractivity contribution < 1.29 is 0 Å². The lowest BCUT2D eigenvalue weighted by molar-refractivity contribution is 0.779. The van der Waals surface area contributed by atoms with Gasteiger partial charge in [-0.05, 0) is 49.7 Å². The van der Waals surface area contributed by atoms with Gasteiger partial charge in [-0.2, -0.15) is 0 Å². The van der Waals surface area contributed by atoms with E-state index < -0.39 is 7.26 Å². The first kappa shape index (κ1) is 16.9. The van der Waals surface area contributed by atoms with E-state index in [2.05, 4.69) is 105 Å². The lowest BCUT2D eigenvalue weighted by Crippen LogP contribution is -2.37. The fourth-order valence-corrected chi connectivity index (χ4v) is 8.81. The summed E-state index contributed by atoms with van der Waals surface area (Å²) in [6, 6.07) is 33.5. The van der Waals surface area contributed by atoms with Crippen LogP contribution in [0.5, 0.6) is 0 Å². The topological polar surface area (TPSA) is 0 Å². The van der Waals surface area contributed by atoms with Crippen LogP contribution in [0.1, 0.15) is 26.7 Å². The van der Waals surface area contributed by atoms with Crippen molar-refractivity contribution in [1.82, 2.24) is 0 Å². The van der Waals surface area contributed by atoms with Crippen LogP contribution >= 0.6 is 7.26 Å². The summed E-state index contributed by atoms with van der Waals surface area (Å²) in [4.78, 5) is 0. The lowest BCUT2D eigenvalue weighted by Gasteiger charge is -2.33. The third-order valence-electron chi connectivity index (χ3n) is 4.86. The molecule has 0 aromatic heterocycles. The van der Waals surface area contributed by atoms with E-state index in [1.165, 1.54) is 28.8 Å². The van der Waals surface area contributed by atoms with Crippen molar-refractivity contribution in [2.24, 2.45) is 0 Å². The normalized spacial score (nSPS) is 12.8. The van der Waals surface area contributed by atoms with Gasteiger partial charge in [-0.1, -0.05) is 67.9 Å². The smallest absolute Gasteiger partial charge is 0.0652 e. The summed E-state index contributed by atoms with van der Waals surface area (Å²) in [5, 5.41) is 4.47. The standard InChI is InChI=1S/C23H26P/c1-3-13-20(2)24(21-14-7-4-8-15-21,22-16-9-5-10-17-22)23-18-11-6-12-19-23/h4-12,14-20H,3,13H2,1-2H3/q+1/t20-/m0/s1. The summed E-state index contributed by atoms with van der Waals surface area (Å²) >= 11 is 0. The molecule has 0 bridgehead atoms. The summed E-state index contributed by atoms with van der Waals surface area (Å²) in [7, 11) is -1.66. The van der Waals surface area contributed by atoms with Gasteiger partial charge >= 0.3 is 0 Å². The Labute approximate surface area is 146 Å². The molecule has 3 aromatic rings. The molecule has 24 heavy (non-hydrogen) atoms. The van der Waals surface area contributed by atoms with Crippen LogP contribution in [0.25, 0.3) is 0 Å². The molecule has 0 aliphatic carbocycles. The van der Waals surface area contributed by atoms with E-state index in [1.807, 2.05) is 0 Å². The molecule has 0 saturated heterocycles. The summed E-state index contributed by atoms with van der Waals surface area (Å²) in [5.41, 5.74) is 0.620. The van der Waals surface area contributed by atoms with Gasteiger partial charge in [0, 0.05) is 0 Å². The molecule has 0 aliphatic heterocycles. The van der Waals surface area contributed by atoms with Gasteiger partial charge in [-0.3, -0.25) is 0 Å². The Hall–Kier alpha value is -1.91. The summed E-state index contributed by atoms with van der Waals surface area (Å²) < 4.78 is 0. The summed E-state index contributed by atoms with van der Waals surface area (Å²) in [6.07, 6.45) is 2.46. The molecule has 0 unspecified atom stereocenters. The van der Waals surface area contributed by atoms with E-state index >= 15 is 0 Å². The van der Waals surface area contributed by atoms with E-state index in [9.17, 15) is 0 Å². The molecule has 0 N–H and O–H groups in total. The largest absolute Gasteiger partial charge is 0.114 e. The van der Waals surface area contributed by atoms with Gasteiger partial charge in [-0.15, -0.1) is 0 Å². The Morgan fingerprint density at radius 3 is 1.25 bits per heavy atom. The zero-order chi connectivity index (χ0) is 16.8. The minimum atomic E-state index is -1.66. The number of hydrogen-bond donors (Lipinski definition) is 0. The highest BCUT2D eigenvalue weighted by atomic mass is 31.2. The first-order valence-corrected chi connectivity index (χ1v) is 10.7. The number of hydrogen-bond acceptors (Lipinski definition) is 0. The fourth-order valence-electron chi connectivity index (χ4n) is 3.81. The van der Waals surface area contributed by atoms with Gasteiger partial charge in [0.15, 0.2) is 0 Å². The van der Waals surface area contributed by atoms with Crippen LogP contribution in [0.4, 0.5) is 0 Å². The predicted molar refractivity (Wildman–Crippen MR) is 110 cm³/mol.